The monoisotopic (exact) mass is 295 g/mol. The van der Waals surface area contributed by atoms with E-state index in [1.807, 2.05) is 30.3 Å². The van der Waals surface area contributed by atoms with E-state index in [1.54, 1.807) is 0 Å². The number of nitrogens with one attached hydrogen (secondary N) is 1. The van der Waals surface area contributed by atoms with E-state index in [4.69, 9.17) is 11.5 Å². The number of benzene rings is 1. The van der Waals surface area contributed by atoms with E-state index in [0.717, 1.165) is 5.56 Å². The van der Waals surface area contributed by atoms with Gasteiger partial charge in [0.2, 0.25) is 16.9 Å². The van der Waals surface area contributed by atoms with Gasteiger partial charge in [-0.25, -0.2) is 0 Å². The number of rotatable bonds is 7. The van der Waals surface area contributed by atoms with Crippen molar-refractivity contribution in [2.45, 2.75) is 24.9 Å². The fourth-order valence-electron chi connectivity index (χ4n) is 1.64. The fourth-order valence-corrected chi connectivity index (χ4v) is 1.80. The van der Waals surface area contributed by atoms with Gasteiger partial charge in [0.1, 0.15) is 6.04 Å². The summed E-state index contributed by atoms with van der Waals surface area (Å²) in [7, 11) is 0. The fraction of sp³-hybridized carbons (Fsp3) is 0.308. The molecule has 1 rings (SSSR count). The maximum absolute atomic E-state index is 11.9. The molecule has 5 N–H and O–H groups in total. The van der Waals surface area contributed by atoms with Crippen LogP contribution in [0.2, 0.25) is 0 Å². The molecule has 0 aliphatic heterocycles. The average Bonchev–Trinajstić information content (AvgIpc) is 2.38. The zero-order chi connectivity index (χ0) is 15.1. The number of hydrogen-bond acceptors (Lipinski definition) is 4. The molecule has 0 bridgehead atoms. The molecule has 7 heteroatoms. The Morgan fingerprint density at radius 1 is 1.20 bits per heavy atom. The van der Waals surface area contributed by atoms with Crippen LogP contribution in [-0.2, 0) is 20.8 Å². The van der Waals surface area contributed by atoms with Crippen LogP contribution in [0.3, 0.4) is 0 Å². The Kier molecular flexibility index (Phi) is 6.20. The van der Waals surface area contributed by atoms with Crippen LogP contribution < -0.4 is 16.8 Å². The summed E-state index contributed by atoms with van der Waals surface area (Å²) in [6.45, 7) is 0. The quantitative estimate of drug-likeness (QED) is 0.501. The minimum Gasteiger partial charge on any atom is -0.370 e. The van der Waals surface area contributed by atoms with Gasteiger partial charge in [-0.2, -0.15) is 0 Å². The van der Waals surface area contributed by atoms with Crippen molar-refractivity contribution in [3.05, 3.63) is 35.9 Å². The summed E-state index contributed by atoms with van der Waals surface area (Å²) in [5, 5.41) is 1.74. The number of nitrogens with two attached hydrogens (primary N) is 2. The van der Waals surface area contributed by atoms with Crippen molar-refractivity contribution in [3.8, 4) is 0 Å². The van der Waals surface area contributed by atoms with Crippen molar-refractivity contribution >= 4 is 29.6 Å². The van der Waals surface area contributed by atoms with Gasteiger partial charge in [0.15, 0.2) is 0 Å². The van der Waals surface area contributed by atoms with Crippen molar-refractivity contribution in [1.82, 2.24) is 5.32 Å². The molecule has 0 spiro atoms. The Labute approximate surface area is 122 Å². The standard InChI is InChI=1S/C13H17N3O3S/c14-9(6-8-4-2-1-3-5-8)12(18)16-10(13(19)20)7-11(15)17/h1-5,9-10H,6-7,14H2,(H2,15,17)(H,16,18)(H,19,20)/t9-,10-/m0/s1. The summed E-state index contributed by atoms with van der Waals surface area (Å²) < 4.78 is 0. The van der Waals surface area contributed by atoms with Gasteiger partial charge in [-0.15, -0.1) is 12.6 Å². The third-order valence-electron chi connectivity index (χ3n) is 2.66. The maximum Gasteiger partial charge on any atom is 0.237 e. The van der Waals surface area contributed by atoms with Gasteiger partial charge in [-0.1, -0.05) is 30.3 Å². The molecule has 0 aromatic heterocycles. The molecule has 0 aliphatic carbocycles. The molecule has 20 heavy (non-hydrogen) atoms. The third-order valence-corrected chi connectivity index (χ3v) is 2.97. The molecule has 108 valence electrons. The van der Waals surface area contributed by atoms with E-state index in [-0.39, 0.29) is 6.42 Å². The molecule has 1 aromatic rings. The number of thiol groups is 1. The lowest BCUT2D eigenvalue weighted by Gasteiger charge is -2.17. The van der Waals surface area contributed by atoms with Crippen LogP contribution in [-0.4, -0.2) is 29.0 Å². The van der Waals surface area contributed by atoms with Gasteiger partial charge < -0.3 is 16.8 Å². The van der Waals surface area contributed by atoms with Crippen LogP contribution in [0.4, 0.5) is 0 Å². The molecule has 1 aromatic carbocycles. The Balaban J connectivity index is 2.59. The Morgan fingerprint density at radius 2 is 1.80 bits per heavy atom. The third kappa shape index (κ3) is 5.41. The second-order valence-corrected chi connectivity index (χ2v) is 4.81. The zero-order valence-corrected chi connectivity index (χ0v) is 11.7. The smallest absolute Gasteiger partial charge is 0.237 e. The lowest BCUT2D eigenvalue weighted by molar-refractivity contribution is -0.127. The average molecular weight is 295 g/mol. The lowest BCUT2D eigenvalue weighted by Crippen LogP contribution is -2.49. The van der Waals surface area contributed by atoms with Gasteiger partial charge in [0, 0.05) is 0 Å². The molecule has 2 amide bonds. The first kappa shape index (κ1) is 16.2. The summed E-state index contributed by atoms with van der Waals surface area (Å²) in [4.78, 5) is 33.9. The van der Waals surface area contributed by atoms with Crippen molar-refractivity contribution in [3.63, 3.8) is 0 Å². The van der Waals surface area contributed by atoms with Crippen LogP contribution in [0.25, 0.3) is 0 Å². The van der Waals surface area contributed by atoms with Crippen LogP contribution in [0.5, 0.6) is 0 Å². The summed E-state index contributed by atoms with van der Waals surface area (Å²) in [5.74, 6) is -1.23. The van der Waals surface area contributed by atoms with Gasteiger partial charge in [-0.3, -0.25) is 14.4 Å². The van der Waals surface area contributed by atoms with Crippen LogP contribution in [0.1, 0.15) is 12.0 Å². The van der Waals surface area contributed by atoms with E-state index < -0.39 is 29.0 Å². The summed E-state index contributed by atoms with van der Waals surface area (Å²) in [6, 6.07) is 7.36. The van der Waals surface area contributed by atoms with Gasteiger partial charge in [0.05, 0.1) is 12.5 Å². The highest BCUT2D eigenvalue weighted by Gasteiger charge is 2.23. The number of carbonyl (C=O) groups excluding carboxylic acids is 3. The van der Waals surface area contributed by atoms with Gasteiger partial charge >= 0.3 is 0 Å². The number of carbonyl (C=O) groups is 3. The molecule has 0 saturated heterocycles. The molecule has 2 atom stereocenters. The highest BCUT2D eigenvalue weighted by atomic mass is 32.1. The van der Waals surface area contributed by atoms with Crippen LogP contribution in [0, 0.1) is 0 Å². The first-order chi connectivity index (χ1) is 9.40. The molecule has 0 unspecified atom stereocenters. The summed E-state index contributed by atoms with van der Waals surface area (Å²) >= 11 is 3.61. The largest absolute Gasteiger partial charge is 0.370 e. The lowest BCUT2D eigenvalue weighted by atomic mass is 10.1. The van der Waals surface area contributed by atoms with Crippen molar-refractivity contribution < 1.29 is 14.4 Å². The van der Waals surface area contributed by atoms with E-state index in [9.17, 15) is 14.4 Å². The summed E-state index contributed by atoms with van der Waals surface area (Å²) in [6.07, 6.45) is 0.0306. The van der Waals surface area contributed by atoms with Crippen molar-refractivity contribution in [1.29, 1.82) is 0 Å². The predicted octanol–water partition coefficient (Wildman–Crippen LogP) is -0.627. The first-order valence-electron chi connectivity index (χ1n) is 6.01. The minimum absolute atomic E-state index is 0.299. The van der Waals surface area contributed by atoms with E-state index in [1.165, 1.54) is 0 Å². The zero-order valence-electron chi connectivity index (χ0n) is 10.8. The first-order valence-corrected chi connectivity index (χ1v) is 6.46. The van der Waals surface area contributed by atoms with E-state index >= 15 is 0 Å². The molecule has 0 aliphatic rings. The molecule has 6 nitrogen and oxygen atoms in total. The normalized spacial score (nSPS) is 13.3. The Morgan fingerprint density at radius 3 is 2.30 bits per heavy atom. The Hall–Kier alpha value is -1.86. The number of amides is 2. The number of primary amides is 1. The van der Waals surface area contributed by atoms with Crippen LogP contribution >= 0.6 is 12.6 Å². The molecule has 0 fully saturated rings. The number of hydrogen-bond donors (Lipinski definition) is 4. The van der Waals surface area contributed by atoms with E-state index in [2.05, 4.69) is 17.9 Å². The molecule has 0 heterocycles. The van der Waals surface area contributed by atoms with Crippen molar-refractivity contribution in [2.24, 2.45) is 11.5 Å². The minimum atomic E-state index is -1.05. The highest BCUT2D eigenvalue weighted by molar-refractivity contribution is 7.96. The van der Waals surface area contributed by atoms with Gasteiger partial charge in [-0.05, 0) is 12.0 Å². The molecule has 0 saturated carbocycles. The SMILES string of the molecule is NC(=O)C[C@H](NC(=O)[C@@H](N)Cc1ccccc1)C(=O)S. The molecular formula is C13H17N3O3S. The van der Waals surface area contributed by atoms with Crippen molar-refractivity contribution in [2.75, 3.05) is 0 Å². The topological polar surface area (TPSA) is 115 Å². The van der Waals surface area contributed by atoms with Gasteiger partial charge in [0.25, 0.3) is 0 Å². The molecular weight excluding hydrogens is 278 g/mol. The second-order valence-electron chi connectivity index (χ2n) is 4.37. The second kappa shape index (κ2) is 7.66. The Bertz CT molecular complexity index is 493. The van der Waals surface area contributed by atoms with E-state index in [0.29, 0.717) is 6.42 Å². The highest BCUT2D eigenvalue weighted by Crippen LogP contribution is 2.03. The summed E-state index contributed by atoms with van der Waals surface area (Å²) in [5.41, 5.74) is 11.7. The predicted molar refractivity (Wildman–Crippen MR) is 77.9 cm³/mol. The maximum atomic E-state index is 11.9. The van der Waals surface area contributed by atoms with Crippen LogP contribution in [0.15, 0.2) is 30.3 Å². The molecule has 0 radical (unpaired) electrons.